The number of imidazole rings is 1. The van der Waals surface area contributed by atoms with Crippen LogP contribution in [0.1, 0.15) is 28.9 Å². The van der Waals surface area contributed by atoms with Crippen molar-refractivity contribution in [2.45, 2.75) is 39.2 Å². The van der Waals surface area contributed by atoms with Crippen LogP contribution < -0.4 is 10.9 Å². The lowest BCUT2D eigenvalue weighted by Crippen LogP contribution is -2.33. The number of benzene rings is 1. The molecule has 0 spiro atoms. The van der Waals surface area contributed by atoms with E-state index in [1.54, 1.807) is 6.07 Å². The van der Waals surface area contributed by atoms with Gasteiger partial charge in [0.1, 0.15) is 0 Å². The molecule has 3 aromatic heterocycles. The molecular weight excluding hydrogens is 410 g/mol. The zero-order valence-electron chi connectivity index (χ0n) is 17.3. The predicted octanol–water partition coefficient (Wildman–Crippen LogP) is 2.78. The van der Waals surface area contributed by atoms with Crippen LogP contribution in [0.4, 0.5) is 0 Å². The van der Waals surface area contributed by atoms with Crippen molar-refractivity contribution in [1.29, 1.82) is 0 Å². The Balaban J connectivity index is 1.22. The Labute approximate surface area is 183 Å². The Hall–Kier alpha value is -3.26. The number of hydrogen-bond acceptors (Lipinski definition) is 5. The van der Waals surface area contributed by atoms with Gasteiger partial charge >= 0.3 is 0 Å². The van der Waals surface area contributed by atoms with Gasteiger partial charge in [-0.1, -0.05) is 29.8 Å². The third-order valence-corrected chi connectivity index (χ3v) is 6.53. The molecule has 0 bridgehead atoms. The molecule has 0 fully saturated rings. The van der Waals surface area contributed by atoms with Crippen LogP contribution in [0.25, 0.3) is 16.2 Å². The second-order valence-corrected chi connectivity index (χ2v) is 8.77. The van der Waals surface area contributed by atoms with Crippen molar-refractivity contribution in [3.63, 3.8) is 0 Å². The van der Waals surface area contributed by atoms with Crippen molar-refractivity contribution in [1.82, 2.24) is 24.5 Å². The van der Waals surface area contributed by atoms with E-state index in [9.17, 15) is 9.59 Å². The first kappa shape index (κ1) is 19.7. The summed E-state index contributed by atoms with van der Waals surface area (Å²) in [5.74, 6) is -0.0838. The second-order valence-electron chi connectivity index (χ2n) is 7.93. The molecule has 7 nitrogen and oxygen atoms in total. The number of amides is 1. The van der Waals surface area contributed by atoms with Crippen LogP contribution in [0.5, 0.6) is 0 Å². The molecule has 0 unspecified atom stereocenters. The number of carbonyl (C=O) groups is 1. The van der Waals surface area contributed by atoms with Gasteiger partial charge in [-0.15, -0.1) is 11.3 Å². The number of nitrogens with zero attached hydrogens (tertiary/aromatic N) is 4. The van der Waals surface area contributed by atoms with Gasteiger partial charge in [-0.2, -0.15) is 5.10 Å². The van der Waals surface area contributed by atoms with Gasteiger partial charge < -0.3 is 5.32 Å². The number of carbonyl (C=O) groups excluding carboxylic acids is 1. The molecule has 5 rings (SSSR count). The summed E-state index contributed by atoms with van der Waals surface area (Å²) in [5, 5.41) is 9.32. The van der Waals surface area contributed by atoms with Crippen LogP contribution in [0, 0.1) is 6.92 Å². The highest BCUT2D eigenvalue weighted by atomic mass is 32.1. The minimum Gasteiger partial charge on any atom is -0.354 e. The summed E-state index contributed by atoms with van der Waals surface area (Å²) in [6, 6.07) is 9.94. The Morgan fingerprint density at radius 2 is 2.06 bits per heavy atom. The molecule has 1 N–H and O–H groups in total. The van der Waals surface area contributed by atoms with Gasteiger partial charge in [0.05, 0.1) is 24.4 Å². The lowest BCUT2D eigenvalue weighted by atomic mass is 10.1. The van der Waals surface area contributed by atoms with Crippen molar-refractivity contribution >= 4 is 22.2 Å². The fourth-order valence-electron chi connectivity index (χ4n) is 3.95. The molecule has 3 heterocycles. The Morgan fingerprint density at radius 3 is 2.90 bits per heavy atom. The number of aromatic nitrogens is 4. The highest BCUT2D eigenvalue weighted by Crippen LogP contribution is 2.24. The summed E-state index contributed by atoms with van der Waals surface area (Å²) in [7, 11) is 0. The number of rotatable bonds is 6. The minimum absolute atomic E-state index is 0.0838. The number of fused-ring (bicyclic) bond motifs is 2. The van der Waals surface area contributed by atoms with E-state index in [4.69, 9.17) is 0 Å². The molecule has 1 aromatic carbocycles. The molecular formula is C23H23N5O2S. The topological polar surface area (TPSA) is 81.3 Å². The first-order valence-electron chi connectivity index (χ1n) is 10.5. The van der Waals surface area contributed by atoms with Crippen molar-refractivity contribution in [3.05, 3.63) is 74.8 Å². The molecule has 1 amide bonds. The number of hydrogen-bond donors (Lipinski definition) is 1. The first-order valence-corrected chi connectivity index (χ1v) is 11.3. The molecule has 0 atom stereocenters. The van der Waals surface area contributed by atoms with Crippen LogP contribution in [0.2, 0.25) is 0 Å². The van der Waals surface area contributed by atoms with E-state index in [1.165, 1.54) is 21.6 Å². The summed E-state index contributed by atoms with van der Waals surface area (Å²) >= 11 is 1.52. The third kappa shape index (κ3) is 4.03. The normalized spacial score (nSPS) is 12.9. The van der Waals surface area contributed by atoms with Crippen LogP contribution in [0.3, 0.4) is 0 Å². The molecule has 0 saturated heterocycles. The summed E-state index contributed by atoms with van der Waals surface area (Å²) in [6.07, 6.45) is 5.15. The third-order valence-electron chi connectivity index (χ3n) is 5.64. The quantitative estimate of drug-likeness (QED) is 0.507. The molecule has 0 saturated carbocycles. The Bertz CT molecular complexity index is 1320. The van der Waals surface area contributed by atoms with E-state index in [0.29, 0.717) is 13.1 Å². The van der Waals surface area contributed by atoms with Crippen molar-refractivity contribution in [3.8, 4) is 11.3 Å². The molecule has 1 aliphatic rings. The lowest BCUT2D eigenvalue weighted by Gasteiger charge is -2.08. The predicted molar refractivity (Wildman–Crippen MR) is 120 cm³/mol. The Morgan fingerprint density at radius 1 is 1.23 bits per heavy atom. The molecule has 4 aromatic rings. The summed E-state index contributed by atoms with van der Waals surface area (Å²) in [4.78, 5) is 30.2. The number of nitrogens with one attached hydrogen (secondary N) is 1. The van der Waals surface area contributed by atoms with E-state index in [-0.39, 0.29) is 17.9 Å². The molecule has 0 radical (unpaired) electrons. The second kappa shape index (κ2) is 8.11. The Kier molecular flexibility index (Phi) is 5.15. The van der Waals surface area contributed by atoms with Gasteiger partial charge in [0, 0.05) is 35.4 Å². The highest BCUT2D eigenvalue weighted by Gasteiger charge is 2.15. The van der Waals surface area contributed by atoms with Gasteiger partial charge in [-0.25, -0.2) is 9.67 Å². The molecule has 158 valence electrons. The van der Waals surface area contributed by atoms with Crippen LogP contribution in [0.15, 0.2) is 46.7 Å². The molecule has 8 heteroatoms. The average Bonchev–Trinajstić information content (AvgIpc) is 3.46. The van der Waals surface area contributed by atoms with E-state index in [2.05, 4.69) is 46.6 Å². The fourth-order valence-corrected chi connectivity index (χ4v) is 4.82. The smallest absolute Gasteiger partial charge is 0.267 e. The molecule has 1 aliphatic carbocycles. The maximum Gasteiger partial charge on any atom is 0.267 e. The molecule has 0 aliphatic heterocycles. The highest BCUT2D eigenvalue weighted by molar-refractivity contribution is 7.15. The van der Waals surface area contributed by atoms with E-state index in [1.807, 2.05) is 16.0 Å². The van der Waals surface area contributed by atoms with Gasteiger partial charge in [0.2, 0.25) is 5.91 Å². The zero-order valence-corrected chi connectivity index (χ0v) is 18.1. The van der Waals surface area contributed by atoms with Gasteiger partial charge in [-0.3, -0.25) is 14.0 Å². The summed E-state index contributed by atoms with van der Waals surface area (Å²) < 4.78 is 3.43. The van der Waals surface area contributed by atoms with Crippen molar-refractivity contribution < 1.29 is 4.79 Å². The van der Waals surface area contributed by atoms with Crippen LogP contribution in [-0.4, -0.2) is 31.6 Å². The van der Waals surface area contributed by atoms with Gasteiger partial charge in [0.15, 0.2) is 4.96 Å². The fraction of sp³-hybridized carbons (Fsp3) is 0.304. The molecule has 31 heavy (non-hydrogen) atoms. The largest absolute Gasteiger partial charge is 0.354 e. The SMILES string of the molecule is Cc1ccc(-c2cn3c(CC(=O)NCCn4nc5c(cc4=O)CCC5)csc3n2)cc1. The minimum atomic E-state index is -0.100. The first-order chi connectivity index (χ1) is 15.1. The monoisotopic (exact) mass is 433 g/mol. The van der Waals surface area contributed by atoms with E-state index >= 15 is 0 Å². The summed E-state index contributed by atoms with van der Waals surface area (Å²) in [6.45, 7) is 2.80. The average molecular weight is 434 g/mol. The number of aryl methyl sites for hydroxylation is 3. The van der Waals surface area contributed by atoms with Gasteiger partial charge in [-0.05, 0) is 31.7 Å². The van der Waals surface area contributed by atoms with E-state index < -0.39 is 0 Å². The zero-order chi connectivity index (χ0) is 21.4. The maximum atomic E-state index is 12.5. The number of thiazole rings is 1. The van der Waals surface area contributed by atoms with Crippen molar-refractivity contribution in [2.24, 2.45) is 0 Å². The maximum absolute atomic E-state index is 12.5. The van der Waals surface area contributed by atoms with Crippen LogP contribution in [-0.2, 0) is 30.6 Å². The standard InChI is InChI=1S/C23H23N5O2S/c1-15-5-7-16(8-6-15)20-13-27-18(14-31-23(27)25-20)12-21(29)24-9-10-28-22(30)11-17-3-2-4-19(17)26-28/h5-8,11,13-14H,2-4,9-10,12H2,1H3,(H,24,29). The lowest BCUT2D eigenvalue weighted by molar-refractivity contribution is -0.120. The van der Waals surface area contributed by atoms with E-state index in [0.717, 1.165) is 52.4 Å². The summed E-state index contributed by atoms with van der Waals surface area (Å²) in [5.41, 5.74) is 6.04. The van der Waals surface area contributed by atoms with Crippen molar-refractivity contribution in [2.75, 3.05) is 6.54 Å². The van der Waals surface area contributed by atoms with Gasteiger partial charge in [0.25, 0.3) is 5.56 Å². The van der Waals surface area contributed by atoms with Crippen LogP contribution >= 0.6 is 11.3 Å².